The molecule has 0 radical (unpaired) electrons. The van der Waals surface area contributed by atoms with Crippen LogP contribution in [0.15, 0.2) is 29.2 Å². The molecule has 1 aliphatic heterocycles. The van der Waals surface area contributed by atoms with Gasteiger partial charge in [-0.15, -0.1) is 0 Å². The van der Waals surface area contributed by atoms with E-state index in [1.807, 2.05) is 19.0 Å². The second-order valence-corrected chi connectivity index (χ2v) is 7.15. The summed E-state index contributed by atoms with van der Waals surface area (Å²) in [5, 5.41) is 2.63. The summed E-state index contributed by atoms with van der Waals surface area (Å²) in [6.45, 7) is 0.760. The van der Waals surface area contributed by atoms with Gasteiger partial charge in [0.15, 0.2) is 0 Å². The van der Waals surface area contributed by atoms with Crippen LogP contribution in [0.25, 0.3) is 0 Å². The molecule has 0 fully saturated rings. The summed E-state index contributed by atoms with van der Waals surface area (Å²) in [5.41, 5.74) is 0.114. The topological polar surface area (TPSA) is 86.8 Å². The normalized spacial score (nSPS) is 16.0. The van der Waals surface area contributed by atoms with Crippen LogP contribution in [0.1, 0.15) is 16.8 Å². The van der Waals surface area contributed by atoms with Gasteiger partial charge in [-0.25, -0.2) is 12.7 Å². The van der Waals surface area contributed by atoms with Crippen molar-refractivity contribution in [1.29, 1.82) is 0 Å². The second-order valence-electron chi connectivity index (χ2n) is 5.32. The minimum absolute atomic E-state index is 0.0413. The van der Waals surface area contributed by atoms with Gasteiger partial charge in [-0.2, -0.15) is 0 Å². The van der Waals surface area contributed by atoms with Crippen LogP contribution >= 0.6 is 0 Å². The number of benzene rings is 1. The van der Waals surface area contributed by atoms with Crippen LogP contribution < -0.4 is 5.32 Å². The predicted molar refractivity (Wildman–Crippen MR) is 80.8 cm³/mol. The zero-order chi connectivity index (χ0) is 16.3. The summed E-state index contributed by atoms with van der Waals surface area (Å²) in [6, 6.07) is 5.97. The van der Waals surface area contributed by atoms with Crippen molar-refractivity contribution in [2.45, 2.75) is 11.3 Å². The van der Waals surface area contributed by atoms with Gasteiger partial charge in [-0.1, -0.05) is 12.1 Å². The molecule has 2 amide bonds. The fourth-order valence-electron chi connectivity index (χ4n) is 2.20. The molecule has 1 heterocycles. The maximum Gasteiger partial charge on any atom is 0.269 e. The highest BCUT2D eigenvalue weighted by Crippen LogP contribution is 2.29. The molecule has 0 saturated carbocycles. The lowest BCUT2D eigenvalue weighted by atomic mass is 10.2. The molecular formula is C14H19N3O4S. The van der Waals surface area contributed by atoms with Gasteiger partial charge >= 0.3 is 0 Å². The average molecular weight is 325 g/mol. The molecule has 0 atom stereocenters. The maximum absolute atomic E-state index is 12.3. The molecule has 8 heteroatoms. The van der Waals surface area contributed by atoms with Gasteiger partial charge in [0.25, 0.3) is 15.9 Å². The van der Waals surface area contributed by atoms with E-state index in [1.54, 1.807) is 12.1 Å². The zero-order valence-corrected chi connectivity index (χ0v) is 13.4. The highest BCUT2D eigenvalue weighted by molar-refractivity contribution is 7.90. The standard InChI is InChI=1S/C14H19N3O4S/c1-16(2)9-5-8-15-13(18)10-17-14(19)11-6-3-4-7-12(11)22(17,20)21/h3-4,6-7H,5,8-10H2,1-2H3,(H,15,18). The Morgan fingerprint density at radius 2 is 1.95 bits per heavy atom. The van der Waals surface area contributed by atoms with E-state index < -0.39 is 28.4 Å². The molecule has 1 aliphatic rings. The van der Waals surface area contributed by atoms with E-state index in [0.717, 1.165) is 13.0 Å². The third-order valence-electron chi connectivity index (χ3n) is 3.30. The van der Waals surface area contributed by atoms with E-state index in [1.165, 1.54) is 12.1 Å². The van der Waals surface area contributed by atoms with Gasteiger partial charge in [0.05, 0.1) is 5.56 Å². The zero-order valence-electron chi connectivity index (χ0n) is 12.6. The predicted octanol–water partition coefficient (Wildman–Crippen LogP) is -0.101. The fraction of sp³-hybridized carbons (Fsp3) is 0.429. The lowest BCUT2D eigenvalue weighted by molar-refractivity contribution is -0.121. The summed E-state index contributed by atoms with van der Waals surface area (Å²) >= 11 is 0. The molecule has 0 aliphatic carbocycles. The number of fused-ring (bicyclic) bond motifs is 1. The summed E-state index contributed by atoms with van der Waals surface area (Å²) < 4.78 is 25.2. The summed E-state index contributed by atoms with van der Waals surface area (Å²) in [6.07, 6.45) is 0.750. The van der Waals surface area contributed by atoms with Crippen molar-refractivity contribution in [3.05, 3.63) is 29.8 Å². The number of nitrogens with zero attached hydrogens (tertiary/aromatic N) is 2. The van der Waals surface area contributed by atoms with Gasteiger partial charge in [-0.3, -0.25) is 9.59 Å². The van der Waals surface area contributed by atoms with Gasteiger partial charge in [0, 0.05) is 6.54 Å². The van der Waals surface area contributed by atoms with E-state index in [0.29, 0.717) is 10.8 Å². The molecule has 1 aromatic rings. The summed E-state index contributed by atoms with van der Waals surface area (Å²) in [4.78, 5) is 25.9. The van der Waals surface area contributed by atoms with E-state index in [9.17, 15) is 18.0 Å². The van der Waals surface area contributed by atoms with E-state index in [-0.39, 0.29) is 10.5 Å². The number of amides is 2. The van der Waals surface area contributed by atoms with Crippen molar-refractivity contribution < 1.29 is 18.0 Å². The number of sulfonamides is 1. The first kappa shape index (κ1) is 16.4. The number of carbonyl (C=O) groups excluding carboxylic acids is 2. The minimum Gasteiger partial charge on any atom is -0.354 e. The van der Waals surface area contributed by atoms with Crippen LogP contribution in [0.4, 0.5) is 0 Å². The lowest BCUT2D eigenvalue weighted by Gasteiger charge is -2.15. The Kier molecular flexibility index (Phi) is 4.82. The third-order valence-corrected chi connectivity index (χ3v) is 5.09. The number of hydrogen-bond acceptors (Lipinski definition) is 5. The lowest BCUT2D eigenvalue weighted by Crippen LogP contribution is -2.40. The van der Waals surface area contributed by atoms with Crippen LogP contribution in [0, 0.1) is 0 Å². The van der Waals surface area contributed by atoms with Crippen molar-refractivity contribution in [1.82, 2.24) is 14.5 Å². The molecule has 7 nitrogen and oxygen atoms in total. The van der Waals surface area contributed by atoms with E-state index in [2.05, 4.69) is 5.32 Å². The van der Waals surface area contributed by atoms with Crippen molar-refractivity contribution in [3.8, 4) is 0 Å². The third kappa shape index (κ3) is 3.28. The highest BCUT2D eigenvalue weighted by Gasteiger charge is 2.41. The molecule has 1 N–H and O–H groups in total. The Balaban J connectivity index is 2.00. The van der Waals surface area contributed by atoms with Gasteiger partial charge in [0.2, 0.25) is 5.91 Å². The summed E-state index contributed by atoms with van der Waals surface area (Å²) in [5.74, 6) is -1.14. The maximum atomic E-state index is 12.3. The van der Waals surface area contributed by atoms with Gasteiger partial charge < -0.3 is 10.2 Å². The van der Waals surface area contributed by atoms with Crippen molar-refractivity contribution in [2.75, 3.05) is 33.7 Å². The Labute approximate surface area is 129 Å². The Hall–Kier alpha value is -1.93. The molecule has 0 unspecified atom stereocenters. The van der Waals surface area contributed by atoms with Crippen LogP contribution in [0.5, 0.6) is 0 Å². The van der Waals surface area contributed by atoms with Crippen LogP contribution in [-0.2, 0) is 14.8 Å². The first-order valence-electron chi connectivity index (χ1n) is 6.91. The Bertz CT molecular complexity index is 685. The average Bonchev–Trinajstić information content (AvgIpc) is 2.65. The molecule has 1 aromatic carbocycles. The van der Waals surface area contributed by atoms with Crippen LogP contribution in [0.3, 0.4) is 0 Å². The van der Waals surface area contributed by atoms with E-state index >= 15 is 0 Å². The largest absolute Gasteiger partial charge is 0.354 e. The Morgan fingerprint density at radius 3 is 2.59 bits per heavy atom. The van der Waals surface area contributed by atoms with Crippen LogP contribution in [-0.4, -0.2) is 63.2 Å². The smallest absolute Gasteiger partial charge is 0.269 e. The SMILES string of the molecule is CN(C)CCCNC(=O)CN1C(=O)c2ccccc2S1(=O)=O. The first-order chi connectivity index (χ1) is 10.3. The van der Waals surface area contributed by atoms with Gasteiger partial charge in [-0.05, 0) is 39.2 Å². The number of nitrogens with one attached hydrogen (secondary N) is 1. The summed E-state index contributed by atoms with van der Waals surface area (Å²) in [7, 11) is -0.0697. The van der Waals surface area contributed by atoms with Crippen LogP contribution in [0.2, 0.25) is 0 Å². The molecular weight excluding hydrogens is 306 g/mol. The quantitative estimate of drug-likeness (QED) is 0.738. The molecule has 0 bridgehead atoms. The minimum atomic E-state index is -3.92. The molecule has 0 saturated heterocycles. The molecule has 0 spiro atoms. The number of rotatable bonds is 6. The van der Waals surface area contributed by atoms with Gasteiger partial charge in [0.1, 0.15) is 11.4 Å². The Morgan fingerprint density at radius 1 is 1.27 bits per heavy atom. The van der Waals surface area contributed by atoms with Crippen molar-refractivity contribution in [2.24, 2.45) is 0 Å². The molecule has 22 heavy (non-hydrogen) atoms. The van der Waals surface area contributed by atoms with Crippen molar-refractivity contribution in [3.63, 3.8) is 0 Å². The van der Waals surface area contributed by atoms with Crippen molar-refractivity contribution >= 4 is 21.8 Å². The first-order valence-corrected chi connectivity index (χ1v) is 8.35. The fourth-order valence-corrected chi connectivity index (χ4v) is 3.72. The number of hydrogen-bond donors (Lipinski definition) is 1. The van der Waals surface area contributed by atoms with E-state index in [4.69, 9.17) is 0 Å². The monoisotopic (exact) mass is 325 g/mol. The molecule has 0 aromatic heterocycles. The second kappa shape index (κ2) is 6.45. The molecule has 2 rings (SSSR count). The number of carbonyl (C=O) groups is 2. The molecule has 120 valence electrons. The highest BCUT2D eigenvalue weighted by atomic mass is 32.2.